The Hall–Kier alpha value is -0.140. The lowest BCUT2D eigenvalue weighted by atomic mass is 9.96. The smallest absolute Gasteiger partial charge is 0.250 e. The molecule has 2 rings (SSSR count). The number of halogens is 1. The Morgan fingerprint density at radius 2 is 2.00 bits per heavy atom. The molecule has 1 fully saturated rings. The van der Waals surface area contributed by atoms with Crippen molar-refractivity contribution in [2.75, 3.05) is 0 Å². The Bertz CT molecular complexity index is 578. The van der Waals surface area contributed by atoms with Crippen LogP contribution in [0.25, 0.3) is 0 Å². The molecule has 1 saturated heterocycles. The summed E-state index contributed by atoms with van der Waals surface area (Å²) in [7, 11) is -3.54. The summed E-state index contributed by atoms with van der Waals surface area (Å²) in [6.45, 7) is 7.72. The van der Waals surface area contributed by atoms with E-state index in [9.17, 15) is 8.42 Å². The van der Waals surface area contributed by atoms with Gasteiger partial charge in [0.15, 0.2) is 0 Å². The number of ether oxygens (including phenoxy) is 1. The summed E-state index contributed by atoms with van der Waals surface area (Å²) in [5.41, 5.74) is -0.860. The number of hydrogen-bond acceptors (Lipinski definition) is 4. The molecule has 19 heavy (non-hydrogen) atoms. The highest BCUT2D eigenvalue weighted by Crippen LogP contribution is 2.38. The van der Waals surface area contributed by atoms with Crippen LogP contribution in [0.5, 0.6) is 0 Å². The van der Waals surface area contributed by atoms with Crippen molar-refractivity contribution in [1.82, 2.24) is 4.72 Å². The number of sulfonamides is 1. The van der Waals surface area contributed by atoms with Crippen LogP contribution < -0.4 is 4.72 Å². The van der Waals surface area contributed by atoms with E-state index in [0.717, 1.165) is 11.3 Å². The third kappa shape index (κ3) is 3.31. The second-order valence-corrected chi connectivity index (χ2v) is 9.56. The fourth-order valence-corrected chi connectivity index (χ4v) is 5.30. The largest absolute Gasteiger partial charge is 0.368 e. The normalized spacial score (nSPS) is 25.6. The van der Waals surface area contributed by atoms with E-state index in [0.29, 0.717) is 10.8 Å². The minimum Gasteiger partial charge on any atom is -0.368 e. The van der Waals surface area contributed by atoms with Crippen molar-refractivity contribution in [3.63, 3.8) is 0 Å². The number of rotatable bonds is 3. The standard InChI is InChI=1S/C12H18ClNO3S2/c1-11(2)7-8(12(3,4)17-11)14-19(15,16)10-6-5-9(13)18-10/h5-6,8,14H,7H2,1-4H3. The van der Waals surface area contributed by atoms with Crippen molar-refractivity contribution in [1.29, 1.82) is 0 Å². The third-order valence-electron chi connectivity index (χ3n) is 3.19. The zero-order valence-electron chi connectivity index (χ0n) is 11.4. The van der Waals surface area contributed by atoms with Crippen LogP contribution in [0.4, 0.5) is 0 Å². The first kappa shape index (κ1) is 15.3. The fourth-order valence-electron chi connectivity index (χ4n) is 2.43. The maximum atomic E-state index is 12.3. The van der Waals surface area contributed by atoms with Gasteiger partial charge in [0.1, 0.15) is 4.21 Å². The summed E-state index contributed by atoms with van der Waals surface area (Å²) in [5.74, 6) is 0. The Labute approximate surface area is 123 Å². The van der Waals surface area contributed by atoms with Crippen LogP contribution in [0, 0.1) is 0 Å². The molecular weight excluding hydrogens is 306 g/mol. The summed E-state index contributed by atoms with van der Waals surface area (Å²) >= 11 is 6.84. The predicted octanol–water partition coefficient (Wildman–Crippen LogP) is 3.03. The number of hydrogen-bond donors (Lipinski definition) is 1. The van der Waals surface area contributed by atoms with Crippen LogP contribution >= 0.6 is 22.9 Å². The number of nitrogens with one attached hydrogen (secondary N) is 1. The summed E-state index contributed by atoms with van der Waals surface area (Å²) in [5, 5.41) is 0. The second-order valence-electron chi connectivity index (χ2n) is 5.90. The van der Waals surface area contributed by atoms with E-state index in [4.69, 9.17) is 16.3 Å². The van der Waals surface area contributed by atoms with Crippen LogP contribution in [-0.2, 0) is 14.8 Å². The first-order chi connectivity index (χ1) is 8.52. The highest BCUT2D eigenvalue weighted by atomic mass is 35.5. The highest BCUT2D eigenvalue weighted by Gasteiger charge is 2.47. The quantitative estimate of drug-likeness (QED) is 0.930. The number of thiophene rings is 1. The molecule has 0 bridgehead atoms. The lowest BCUT2D eigenvalue weighted by Crippen LogP contribution is -2.45. The van der Waals surface area contributed by atoms with Crippen molar-refractivity contribution >= 4 is 33.0 Å². The van der Waals surface area contributed by atoms with Crippen molar-refractivity contribution < 1.29 is 13.2 Å². The Morgan fingerprint density at radius 3 is 2.42 bits per heavy atom. The molecule has 2 heterocycles. The average Bonchev–Trinajstić information content (AvgIpc) is 2.68. The lowest BCUT2D eigenvalue weighted by molar-refractivity contribution is -0.0684. The molecule has 1 unspecified atom stereocenters. The van der Waals surface area contributed by atoms with Gasteiger partial charge in [0.2, 0.25) is 10.0 Å². The molecule has 0 spiro atoms. The zero-order valence-corrected chi connectivity index (χ0v) is 13.7. The Kier molecular flexibility index (Phi) is 3.77. The highest BCUT2D eigenvalue weighted by molar-refractivity contribution is 7.91. The molecule has 1 aromatic rings. The average molecular weight is 324 g/mol. The third-order valence-corrected chi connectivity index (χ3v) is 6.38. The van der Waals surface area contributed by atoms with Gasteiger partial charge in [-0.15, -0.1) is 11.3 Å². The van der Waals surface area contributed by atoms with E-state index in [1.807, 2.05) is 27.7 Å². The second kappa shape index (κ2) is 4.70. The molecule has 0 radical (unpaired) electrons. The molecule has 1 aromatic heterocycles. The summed E-state index contributed by atoms with van der Waals surface area (Å²) in [6.07, 6.45) is 0.637. The van der Waals surface area contributed by atoms with Gasteiger partial charge in [0.05, 0.1) is 21.6 Å². The molecule has 1 aliphatic heterocycles. The minimum atomic E-state index is -3.54. The molecule has 1 N–H and O–H groups in total. The Balaban J connectivity index is 2.22. The SMILES string of the molecule is CC1(C)CC(NS(=O)(=O)c2ccc(Cl)s2)C(C)(C)O1. The fraction of sp³-hybridized carbons (Fsp3) is 0.667. The van der Waals surface area contributed by atoms with E-state index >= 15 is 0 Å². The Morgan fingerprint density at radius 1 is 1.37 bits per heavy atom. The van der Waals surface area contributed by atoms with Gasteiger partial charge >= 0.3 is 0 Å². The summed E-state index contributed by atoms with van der Waals surface area (Å²) in [6, 6.07) is 2.85. The van der Waals surface area contributed by atoms with E-state index in [1.165, 1.54) is 6.07 Å². The van der Waals surface area contributed by atoms with Gasteiger partial charge in [-0.1, -0.05) is 11.6 Å². The van der Waals surface area contributed by atoms with Crippen LogP contribution in [-0.4, -0.2) is 25.7 Å². The summed E-state index contributed by atoms with van der Waals surface area (Å²) in [4.78, 5) is 0. The van der Waals surface area contributed by atoms with Gasteiger partial charge in [-0.2, -0.15) is 0 Å². The van der Waals surface area contributed by atoms with Gasteiger partial charge in [-0.05, 0) is 46.2 Å². The van der Waals surface area contributed by atoms with Crippen LogP contribution in [0.15, 0.2) is 16.3 Å². The maximum absolute atomic E-state index is 12.3. The van der Waals surface area contributed by atoms with E-state index < -0.39 is 15.6 Å². The minimum absolute atomic E-state index is 0.234. The molecule has 108 valence electrons. The van der Waals surface area contributed by atoms with Crippen LogP contribution in [0.2, 0.25) is 4.34 Å². The molecule has 0 saturated carbocycles. The van der Waals surface area contributed by atoms with Gasteiger partial charge < -0.3 is 4.74 Å². The van der Waals surface area contributed by atoms with Crippen molar-refractivity contribution in [3.8, 4) is 0 Å². The molecular formula is C12H18ClNO3S2. The molecule has 0 aromatic carbocycles. The molecule has 1 aliphatic rings. The molecule has 0 amide bonds. The van der Waals surface area contributed by atoms with Gasteiger partial charge in [0.25, 0.3) is 0 Å². The van der Waals surface area contributed by atoms with Crippen LogP contribution in [0.1, 0.15) is 34.1 Å². The zero-order chi connectivity index (χ0) is 14.5. The van der Waals surface area contributed by atoms with Gasteiger partial charge in [-0.3, -0.25) is 0 Å². The first-order valence-corrected chi connectivity index (χ1v) is 8.67. The van der Waals surface area contributed by atoms with Crippen LogP contribution in [0.3, 0.4) is 0 Å². The topological polar surface area (TPSA) is 55.4 Å². The van der Waals surface area contributed by atoms with Gasteiger partial charge in [-0.25, -0.2) is 13.1 Å². The molecule has 0 aliphatic carbocycles. The predicted molar refractivity (Wildman–Crippen MR) is 77.3 cm³/mol. The first-order valence-electron chi connectivity index (χ1n) is 6.00. The lowest BCUT2D eigenvalue weighted by Gasteiger charge is -2.27. The maximum Gasteiger partial charge on any atom is 0.250 e. The molecule has 7 heteroatoms. The van der Waals surface area contributed by atoms with Crippen molar-refractivity contribution in [3.05, 3.63) is 16.5 Å². The monoisotopic (exact) mass is 323 g/mol. The van der Waals surface area contributed by atoms with E-state index in [-0.39, 0.29) is 15.9 Å². The van der Waals surface area contributed by atoms with Crippen molar-refractivity contribution in [2.45, 2.75) is 55.6 Å². The molecule has 1 atom stereocenters. The molecule has 4 nitrogen and oxygen atoms in total. The van der Waals surface area contributed by atoms with E-state index in [2.05, 4.69) is 4.72 Å². The van der Waals surface area contributed by atoms with Gasteiger partial charge in [0, 0.05) is 0 Å². The summed E-state index contributed by atoms with van der Waals surface area (Å²) < 4.78 is 33.9. The van der Waals surface area contributed by atoms with Crippen molar-refractivity contribution in [2.24, 2.45) is 0 Å². The van der Waals surface area contributed by atoms with E-state index in [1.54, 1.807) is 6.07 Å².